The van der Waals surface area contributed by atoms with Crippen molar-refractivity contribution in [1.82, 2.24) is 0 Å². The summed E-state index contributed by atoms with van der Waals surface area (Å²) in [6.07, 6.45) is -0.413. The van der Waals surface area contributed by atoms with Gasteiger partial charge in [-0.1, -0.05) is 13.8 Å². The minimum atomic E-state index is -1.07. The number of carbonyl (C=O) groups excluding carboxylic acids is 2. The summed E-state index contributed by atoms with van der Waals surface area (Å²) in [6.45, 7) is 3.11. The van der Waals surface area contributed by atoms with Gasteiger partial charge in [0.2, 0.25) is 0 Å². The van der Waals surface area contributed by atoms with Crippen molar-refractivity contribution in [3.8, 4) is 5.75 Å². The van der Waals surface area contributed by atoms with Crippen LogP contribution in [0.1, 0.15) is 30.6 Å². The second kappa shape index (κ2) is 8.26. The minimum absolute atomic E-state index is 0.0449. The van der Waals surface area contributed by atoms with Gasteiger partial charge in [0.15, 0.2) is 0 Å². The summed E-state index contributed by atoms with van der Waals surface area (Å²) in [5.41, 5.74) is 0.261. The molecule has 0 aromatic heterocycles. The molecule has 1 aromatic carbocycles. The van der Waals surface area contributed by atoms with E-state index in [0.29, 0.717) is 6.42 Å². The molecule has 0 heterocycles. The number of hydrogen-bond acceptors (Lipinski definition) is 6. The fourth-order valence-corrected chi connectivity index (χ4v) is 1.39. The summed E-state index contributed by atoms with van der Waals surface area (Å²) < 4.78 is 9.78. The Morgan fingerprint density at radius 3 is 2.29 bits per heavy atom. The van der Waals surface area contributed by atoms with Crippen molar-refractivity contribution >= 4 is 11.9 Å². The summed E-state index contributed by atoms with van der Waals surface area (Å²) in [6, 6.07) is 5.54. The summed E-state index contributed by atoms with van der Waals surface area (Å²) >= 11 is 0. The third kappa shape index (κ3) is 5.83. The number of aromatic hydroxyl groups is 1. The maximum absolute atomic E-state index is 11.6. The van der Waals surface area contributed by atoms with E-state index in [1.165, 1.54) is 24.3 Å². The number of aliphatic hydroxyl groups excluding tert-OH is 1. The molecule has 1 aromatic rings. The monoisotopic (exact) mass is 296 g/mol. The van der Waals surface area contributed by atoms with Gasteiger partial charge in [-0.25, -0.2) is 4.79 Å². The zero-order valence-electron chi connectivity index (χ0n) is 12.1. The van der Waals surface area contributed by atoms with E-state index >= 15 is 0 Å². The van der Waals surface area contributed by atoms with Crippen molar-refractivity contribution in [3.05, 3.63) is 29.8 Å². The number of hydrogen-bond donors (Lipinski definition) is 2. The summed E-state index contributed by atoms with van der Waals surface area (Å²) in [5, 5.41) is 18.7. The molecule has 0 radical (unpaired) electrons. The molecule has 0 aliphatic heterocycles. The second-order valence-corrected chi connectivity index (χ2v) is 4.74. The molecular formula is C15H20O6. The van der Waals surface area contributed by atoms with Crippen LogP contribution in [-0.2, 0) is 14.3 Å². The van der Waals surface area contributed by atoms with Crippen LogP contribution in [0.4, 0.5) is 0 Å². The number of phenols is 1. The lowest BCUT2D eigenvalue weighted by atomic mass is 10.1. The molecule has 2 unspecified atom stereocenters. The molecule has 1 rings (SSSR count). The average Bonchev–Trinajstić information content (AvgIpc) is 2.49. The maximum Gasteiger partial charge on any atom is 0.338 e. The normalized spacial score (nSPS) is 13.3. The lowest BCUT2D eigenvalue weighted by molar-refractivity contribution is -0.151. The van der Waals surface area contributed by atoms with Crippen molar-refractivity contribution < 1.29 is 29.3 Å². The third-order valence-electron chi connectivity index (χ3n) is 2.94. The van der Waals surface area contributed by atoms with E-state index in [2.05, 4.69) is 0 Å². The molecular weight excluding hydrogens is 276 g/mol. The quantitative estimate of drug-likeness (QED) is 0.741. The Morgan fingerprint density at radius 2 is 1.71 bits per heavy atom. The standard InChI is InChI=1S/C15H20O6/c1-3-10(2)14(18)20-8-13(17)9-21-15(19)11-4-6-12(16)7-5-11/h4-7,10,13,16-17H,3,8-9H2,1-2H3. The average molecular weight is 296 g/mol. The molecule has 0 aliphatic rings. The Hall–Kier alpha value is -2.08. The molecule has 6 heteroatoms. The van der Waals surface area contributed by atoms with Gasteiger partial charge in [-0.05, 0) is 30.7 Å². The van der Waals surface area contributed by atoms with Gasteiger partial charge in [-0.2, -0.15) is 0 Å². The molecule has 0 saturated carbocycles. The zero-order chi connectivity index (χ0) is 15.8. The van der Waals surface area contributed by atoms with E-state index in [1.807, 2.05) is 6.92 Å². The number of esters is 2. The maximum atomic E-state index is 11.6. The smallest absolute Gasteiger partial charge is 0.338 e. The molecule has 0 spiro atoms. The van der Waals surface area contributed by atoms with Gasteiger partial charge in [-0.15, -0.1) is 0 Å². The van der Waals surface area contributed by atoms with Crippen LogP contribution in [0.25, 0.3) is 0 Å². The van der Waals surface area contributed by atoms with Crippen molar-refractivity contribution in [1.29, 1.82) is 0 Å². The van der Waals surface area contributed by atoms with Gasteiger partial charge in [-0.3, -0.25) is 4.79 Å². The second-order valence-electron chi connectivity index (χ2n) is 4.74. The highest BCUT2D eigenvalue weighted by Gasteiger charge is 2.16. The number of carbonyl (C=O) groups is 2. The van der Waals surface area contributed by atoms with Gasteiger partial charge < -0.3 is 19.7 Å². The summed E-state index contributed by atoms with van der Waals surface area (Å²) in [5.74, 6) is -1.19. The number of phenolic OH excluding ortho intramolecular Hbond substituents is 1. The van der Waals surface area contributed by atoms with Crippen molar-refractivity contribution in [3.63, 3.8) is 0 Å². The van der Waals surface area contributed by atoms with E-state index in [-0.39, 0.29) is 36.4 Å². The van der Waals surface area contributed by atoms with Crippen LogP contribution < -0.4 is 0 Å². The van der Waals surface area contributed by atoms with Crippen molar-refractivity contribution in [2.24, 2.45) is 5.92 Å². The Balaban J connectivity index is 2.32. The Labute approximate surface area is 123 Å². The molecule has 116 valence electrons. The molecule has 6 nitrogen and oxygen atoms in total. The molecule has 0 aliphatic carbocycles. The van der Waals surface area contributed by atoms with Gasteiger partial charge in [0.1, 0.15) is 25.1 Å². The largest absolute Gasteiger partial charge is 0.508 e. The number of ether oxygens (including phenoxy) is 2. The van der Waals surface area contributed by atoms with Crippen LogP contribution in [0, 0.1) is 5.92 Å². The first kappa shape index (κ1) is 17.0. The summed E-state index contributed by atoms with van der Waals surface area (Å²) in [7, 11) is 0. The fourth-order valence-electron chi connectivity index (χ4n) is 1.39. The first-order valence-electron chi connectivity index (χ1n) is 6.74. The Kier molecular flexibility index (Phi) is 6.68. The predicted molar refractivity (Wildman–Crippen MR) is 74.8 cm³/mol. The fraction of sp³-hybridized carbons (Fsp3) is 0.467. The van der Waals surface area contributed by atoms with E-state index in [1.54, 1.807) is 6.92 Å². The Bertz CT molecular complexity index is 468. The molecule has 0 amide bonds. The van der Waals surface area contributed by atoms with Crippen LogP contribution in [-0.4, -0.2) is 41.5 Å². The number of rotatable bonds is 7. The first-order valence-corrected chi connectivity index (χ1v) is 6.74. The highest BCUT2D eigenvalue weighted by atomic mass is 16.6. The molecule has 0 bridgehead atoms. The molecule has 2 N–H and O–H groups in total. The molecule has 2 atom stereocenters. The van der Waals surface area contributed by atoms with Crippen LogP contribution in [0.5, 0.6) is 5.75 Å². The van der Waals surface area contributed by atoms with Gasteiger partial charge >= 0.3 is 11.9 Å². The molecule has 0 saturated heterocycles. The minimum Gasteiger partial charge on any atom is -0.508 e. The zero-order valence-corrected chi connectivity index (χ0v) is 12.1. The van der Waals surface area contributed by atoms with Crippen LogP contribution in [0.15, 0.2) is 24.3 Å². The van der Waals surface area contributed by atoms with Crippen LogP contribution in [0.2, 0.25) is 0 Å². The van der Waals surface area contributed by atoms with Crippen molar-refractivity contribution in [2.75, 3.05) is 13.2 Å². The number of aliphatic hydroxyl groups is 1. The van der Waals surface area contributed by atoms with Gasteiger partial charge in [0, 0.05) is 0 Å². The highest BCUT2D eigenvalue weighted by Crippen LogP contribution is 2.10. The van der Waals surface area contributed by atoms with E-state index < -0.39 is 12.1 Å². The van der Waals surface area contributed by atoms with Crippen LogP contribution >= 0.6 is 0 Å². The highest BCUT2D eigenvalue weighted by molar-refractivity contribution is 5.89. The lowest BCUT2D eigenvalue weighted by Gasteiger charge is -2.14. The SMILES string of the molecule is CCC(C)C(=O)OCC(O)COC(=O)c1ccc(O)cc1. The van der Waals surface area contributed by atoms with E-state index in [9.17, 15) is 14.7 Å². The molecule has 0 fully saturated rings. The third-order valence-corrected chi connectivity index (χ3v) is 2.94. The van der Waals surface area contributed by atoms with E-state index in [0.717, 1.165) is 0 Å². The molecule has 21 heavy (non-hydrogen) atoms. The first-order chi connectivity index (χ1) is 9.93. The topological polar surface area (TPSA) is 93.1 Å². The van der Waals surface area contributed by atoms with E-state index in [4.69, 9.17) is 14.6 Å². The predicted octanol–water partition coefficient (Wildman–Crippen LogP) is 1.50. The van der Waals surface area contributed by atoms with Gasteiger partial charge in [0.25, 0.3) is 0 Å². The van der Waals surface area contributed by atoms with Crippen LogP contribution in [0.3, 0.4) is 0 Å². The lowest BCUT2D eigenvalue weighted by Crippen LogP contribution is -2.27. The van der Waals surface area contributed by atoms with Gasteiger partial charge in [0.05, 0.1) is 11.5 Å². The Morgan fingerprint density at radius 1 is 1.14 bits per heavy atom. The van der Waals surface area contributed by atoms with Crippen molar-refractivity contribution in [2.45, 2.75) is 26.4 Å². The summed E-state index contributed by atoms with van der Waals surface area (Å²) in [4.78, 5) is 23.0. The number of benzene rings is 1.